The Bertz CT molecular complexity index is 789. The number of ether oxygens (including phenoxy) is 3. The lowest BCUT2D eigenvalue weighted by Crippen LogP contribution is -2.47. The third-order valence-electron chi connectivity index (χ3n) is 5.32. The number of hydrogen-bond donors (Lipinski definition) is 0. The summed E-state index contributed by atoms with van der Waals surface area (Å²) >= 11 is 0. The Morgan fingerprint density at radius 1 is 1.17 bits per heavy atom. The Balaban J connectivity index is 2.56. The molecule has 7 heteroatoms. The lowest BCUT2D eigenvalue weighted by Gasteiger charge is -2.36. The van der Waals surface area contributed by atoms with Crippen molar-refractivity contribution < 1.29 is 33.4 Å². The third-order valence-corrected chi connectivity index (χ3v) is 5.32. The van der Waals surface area contributed by atoms with Gasteiger partial charge in [-0.25, -0.2) is 9.59 Å². The summed E-state index contributed by atoms with van der Waals surface area (Å²) in [6, 6.07) is 0. The Kier molecular flexibility index (Phi) is 7.16. The van der Waals surface area contributed by atoms with Crippen molar-refractivity contribution in [1.82, 2.24) is 0 Å². The molecule has 1 saturated heterocycles. The van der Waals surface area contributed by atoms with Crippen molar-refractivity contribution in [3.05, 3.63) is 35.5 Å². The Hall–Kier alpha value is -2.70. The molecule has 0 spiro atoms. The third kappa shape index (κ3) is 5.22. The summed E-state index contributed by atoms with van der Waals surface area (Å²) in [4.78, 5) is 49.1. The van der Waals surface area contributed by atoms with Crippen LogP contribution in [-0.2, 0) is 33.4 Å². The predicted molar refractivity (Wildman–Crippen MR) is 105 cm³/mol. The van der Waals surface area contributed by atoms with Gasteiger partial charge < -0.3 is 14.2 Å². The molecule has 0 bridgehead atoms. The van der Waals surface area contributed by atoms with Crippen molar-refractivity contribution in [3.63, 3.8) is 0 Å². The van der Waals surface area contributed by atoms with Gasteiger partial charge in [0.05, 0.1) is 5.92 Å². The van der Waals surface area contributed by atoms with E-state index in [-0.39, 0.29) is 17.8 Å². The first kappa shape index (κ1) is 22.6. The van der Waals surface area contributed by atoms with E-state index in [9.17, 15) is 19.2 Å². The number of ketones is 1. The van der Waals surface area contributed by atoms with E-state index in [1.54, 1.807) is 33.8 Å². The number of hydrogen-bond acceptors (Lipinski definition) is 7. The first-order valence-corrected chi connectivity index (χ1v) is 9.66. The average Bonchev–Trinajstić information content (AvgIpc) is 2.89. The molecule has 5 atom stereocenters. The normalized spacial score (nSPS) is 30.8. The van der Waals surface area contributed by atoms with Crippen molar-refractivity contribution in [2.75, 3.05) is 0 Å². The highest BCUT2D eigenvalue weighted by Gasteiger charge is 2.50. The van der Waals surface area contributed by atoms with Crippen LogP contribution in [0.15, 0.2) is 35.5 Å². The van der Waals surface area contributed by atoms with Gasteiger partial charge in [-0.1, -0.05) is 25.2 Å². The standard InChI is InChI=1S/C22H28O7/c1-7-12(3)21(25)29-19-13(4)10-16(24)8-11(2)9-17-18(14(5)22(26)28-17)20(19)27-15(6)23/h7-8,13,17-20H,5,9-10H2,1-4,6H3. The SMILES string of the molecule is C=C1C(=O)OC2CC(C)=CC(=O)CC(C)C(OC(=O)C(C)=CC)C(OC(C)=O)C12. The van der Waals surface area contributed by atoms with Crippen LogP contribution in [0.25, 0.3) is 0 Å². The predicted octanol–water partition coefficient (Wildman–Crippen LogP) is 2.84. The van der Waals surface area contributed by atoms with E-state index in [0.29, 0.717) is 12.0 Å². The molecule has 0 aromatic rings. The lowest BCUT2D eigenvalue weighted by atomic mass is 9.79. The molecular weight excluding hydrogens is 376 g/mol. The first-order valence-electron chi connectivity index (χ1n) is 9.66. The van der Waals surface area contributed by atoms with Gasteiger partial charge in [0.2, 0.25) is 0 Å². The molecule has 1 aliphatic carbocycles. The molecule has 2 aliphatic rings. The molecule has 0 radical (unpaired) electrons. The number of esters is 3. The second-order valence-corrected chi connectivity index (χ2v) is 7.75. The molecule has 1 aliphatic heterocycles. The van der Waals surface area contributed by atoms with Gasteiger partial charge in [-0.3, -0.25) is 9.59 Å². The number of fused-ring (bicyclic) bond motifs is 1. The van der Waals surface area contributed by atoms with Crippen LogP contribution in [0.3, 0.4) is 0 Å². The highest BCUT2D eigenvalue weighted by Crippen LogP contribution is 2.39. The van der Waals surface area contributed by atoms with Gasteiger partial charge in [-0.2, -0.15) is 0 Å². The molecular formula is C22H28O7. The van der Waals surface area contributed by atoms with Crippen LogP contribution in [-0.4, -0.2) is 42.0 Å². The van der Waals surface area contributed by atoms with Crippen LogP contribution >= 0.6 is 0 Å². The fraction of sp³-hybridized carbons (Fsp3) is 0.545. The Morgan fingerprint density at radius 3 is 2.41 bits per heavy atom. The number of rotatable bonds is 3. The minimum Gasteiger partial charge on any atom is -0.458 e. The van der Waals surface area contributed by atoms with Gasteiger partial charge in [0.25, 0.3) is 0 Å². The van der Waals surface area contributed by atoms with E-state index in [2.05, 4.69) is 6.58 Å². The van der Waals surface area contributed by atoms with E-state index in [1.165, 1.54) is 13.0 Å². The molecule has 29 heavy (non-hydrogen) atoms. The number of carbonyl (C=O) groups is 4. The van der Waals surface area contributed by atoms with Crippen molar-refractivity contribution in [2.45, 2.75) is 65.8 Å². The van der Waals surface area contributed by atoms with Crippen LogP contribution < -0.4 is 0 Å². The van der Waals surface area contributed by atoms with Gasteiger partial charge in [-0.15, -0.1) is 0 Å². The van der Waals surface area contributed by atoms with Crippen LogP contribution in [0.1, 0.15) is 47.5 Å². The molecule has 0 saturated carbocycles. The van der Waals surface area contributed by atoms with Gasteiger partial charge >= 0.3 is 17.9 Å². The molecule has 1 fully saturated rings. The summed E-state index contributed by atoms with van der Waals surface area (Å²) in [5.74, 6) is -3.04. The smallest absolute Gasteiger partial charge is 0.334 e. The van der Waals surface area contributed by atoms with Crippen LogP contribution in [0.5, 0.6) is 0 Å². The second-order valence-electron chi connectivity index (χ2n) is 7.75. The highest BCUT2D eigenvalue weighted by atomic mass is 16.6. The zero-order valence-corrected chi connectivity index (χ0v) is 17.5. The molecule has 158 valence electrons. The van der Waals surface area contributed by atoms with Crippen LogP contribution in [0.2, 0.25) is 0 Å². The molecule has 0 aromatic heterocycles. The molecule has 2 rings (SSSR count). The largest absolute Gasteiger partial charge is 0.458 e. The van der Waals surface area contributed by atoms with Gasteiger partial charge in [-0.05, 0) is 26.8 Å². The molecule has 0 aromatic carbocycles. The molecule has 0 N–H and O–H groups in total. The van der Waals surface area contributed by atoms with E-state index in [0.717, 1.165) is 5.57 Å². The summed E-state index contributed by atoms with van der Waals surface area (Å²) in [7, 11) is 0. The molecule has 5 unspecified atom stereocenters. The summed E-state index contributed by atoms with van der Waals surface area (Å²) in [6.07, 6.45) is 0.898. The van der Waals surface area contributed by atoms with E-state index in [4.69, 9.17) is 14.2 Å². The minimum atomic E-state index is -1.00. The fourth-order valence-electron chi connectivity index (χ4n) is 3.75. The van der Waals surface area contributed by atoms with Crippen LogP contribution in [0, 0.1) is 11.8 Å². The number of allylic oxidation sites excluding steroid dienone is 2. The van der Waals surface area contributed by atoms with Gasteiger partial charge in [0, 0.05) is 36.8 Å². The highest BCUT2D eigenvalue weighted by molar-refractivity contribution is 5.92. The summed E-state index contributed by atoms with van der Waals surface area (Å²) in [6.45, 7) is 11.9. The number of carbonyl (C=O) groups excluding carboxylic acids is 4. The summed E-state index contributed by atoms with van der Waals surface area (Å²) in [5, 5.41) is 0. The molecule has 0 amide bonds. The fourth-order valence-corrected chi connectivity index (χ4v) is 3.75. The minimum absolute atomic E-state index is 0.0978. The first-order chi connectivity index (χ1) is 13.5. The zero-order chi connectivity index (χ0) is 21.9. The average molecular weight is 404 g/mol. The summed E-state index contributed by atoms with van der Waals surface area (Å²) < 4.78 is 16.7. The lowest BCUT2D eigenvalue weighted by molar-refractivity contribution is -0.175. The van der Waals surface area contributed by atoms with Crippen LogP contribution in [0.4, 0.5) is 0 Å². The van der Waals surface area contributed by atoms with E-state index >= 15 is 0 Å². The van der Waals surface area contributed by atoms with Crippen molar-refractivity contribution in [1.29, 1.82) is 0 Å². The second kappa shape index (κ2) is 9.20. The maximum Gasteiger partial charge on any atom is 0.334 e. The maximum atomic E-state index is 12.5. The van der Waals surface area contributed by atoms with Gasteiger partial charge in [0.15, 0.2) is 5.78 Å². The Morgan fingerprint density at radius 2 is 1.83 bits per heavy atom. The molecule has 7 nitrogen and oxygen atoms in total. The summed E-state index contributed by atoms with van der Waals surface area (Å²) in [5.41, 5.74) is 1.30. The van der Waals surface area contributed by atoms with E-state index < -0.39 is 48.1 Å². The zero-order valence-electron chi connectivity index (χ0n) is 17.5. The quantitative estimate of drug-likeness (QED) is 0.405. The Labute approximate surface area is 170 Å². The molecule has 1 heterocycles. The van der Waals surface area contributed by atoms with Crippen molar-refractivity contribution >= 4 is 23.7 Å². The van der Waals surface area contributed by atoms with Crippen molar-refractivity contribution in [2.24, 2.45) is 11.8 Å². The van der Waals surface area contributed by atoms with Gasteiger partial charge in [0.1, 0.15) is 18.3 Å². The van der Waals surface area contributed by atoms with E-state index in [1.807, 2.05) is 0 Å². The topological polar surface area (TPSA) is 96.0 Å². The maximum absolute atomic E-state index is 12.5. The van der Waals surface area contributed by atoms with Crippen molar-refractivity contribution in [3.8, 4) is 0 Å². The monoisotopic (exact) mass is 404 g/mol.